The zero-order valence-corrected chi connectivity index (χ0v) is 14.9. The molecule has 0 bridgehead atoms. The molecule has 1 atom stereocenters. The third kappa shape index (κ3) is 4.82. The molecular weight excluding hydrogens is 316 g/mol. The topological polar surface area (TPSA) is 62.9 Å². The number of aromatic nitrogens is 1. The summed E-state index contributed by atoms with van der Waals surface area (Å²) in [6.45, 7) is 6.05. The maximum atomic E-state index is 5.58. The molecule has 1 N–H and O–H groups in total. The molecule has 0 aliphatic carbocycles. The van der Waals surface area contributed by atoms with Gasteiger partial charge in [-0.3, -0.25) is 0 Å². The van der Waals surface area contributed by atoms with E-state index in [0.717, 1.165) is 49.9 Å². The number of nitrogens with zero attached hydrogens (tertiary/aromatic N) is 3. The fraction of sp³-hybridized carbons (Fsp3) is 0.474. The van der Waals surface area contributed by atoms with Gasteiger partial charge in [0.15, 0.2) is 5.96 Å². The van der Waals surface area contributed by atoms with Crippen molar-refractivity contribution in [3.8, 4) is 11.5 Å². The molecule has 0 spiro atoms. The largest absolute Gasteiger partial charge is 0.444 e. The van der Waals surface area contributed by atoms with Crippen molar-refractivity contribution in [2.24, 2.45) is 10.9 Å². The Morgan fingerprint density at radius 3 is 2.92 bits per heavy atom. The van der Waals surface area contributed by atoms with Gasteiger partial charge in [0.25, 0.3) is 0 Å². The Balaban J connectivity index is 1.63. The maximum Gasteiger partial charge on any atom is 0.226 e. The summed E-state index contributed by atoms with van der Waals surface area (Å²) in [5, 5.41) is 3.34. The Morgan fingerprint density at radius 2 is 2.20 bits per heavy atom. The van der Waals surface area contributed by atoms with Gasteiger partial charge in [0.05, 0.1) is 13.2 Å². The lowest BCUT2D eigenvalue weighted by molar-refractivity contribution is 0.181. The van der Waals surface area contributed by atoms with E-state index in [0.29, 0.717) is 18.4 Å². The Morgan fingerprint density at radius 1 is 1.36 bits per heavy atom. The van der Waals surface area contributed by atoms with Crippen molar-refractivity contribution in [1.82, 2.24) is 15.2 Å². The normalized spacial score (nSPS) is 17.7. The fourth-order valence-electron chi connectivity index (χ4n) is 2.92. The molecule has 0 radical (unpaired) electrons. The third-order valence-corrected chi connectivity index (χ3v) is 4.22. The van der Waals surface area contributed by atoms with Crippen molar-refractivity contribution in [2.45, 2.75) is 19.9 Å². The minimum Gasteiger partial charge on any atom is -0.444 e. The Labute approximate surface area is 148 Å². The van der Waals surface area contributed by atoms with E-state index < -0.39 is 0 Å². The molecule has 2 aromatic rings. The number of ether oxygens (including phenoxy) is 1. The van der Waals surface area contributed by atoms with E-state index in [1.165, 1.54) is 0 Å². The van der Waals surface area contributed by atoms with E-state index in [2.05, 4.69) is 29.2 Å². The Hall–Kier alpha value is -2.34. The molecule has 1 aliphatic rings. The number of hydrogen-bond donors (Lipinski definition) is 1. The van der Waals surface area contributed by atoms with Gasteiger partial charge in [0.1, 0.15) is 12.0 Å². The van der Waals surface area contributed by atoms with Crippen LogP contribution in [-0.2, 0) is 11.3 Å². The lowest BCUT2D eigenvalue weighted by atomic mass is 10.1. The van der Waals surface area contributed by atoms with Crippen molar-refractivity contribution in [2.75, 3.05) is 33.4 Å². The monoisotopic (exact) mass is 342 g/mol. The first-order valence-electron chi connectivity index (χ1n) is 8.83. The lowest BCUT2D eigenvalue weighted by Crippen LogP contribution is -2.41. The number of benzene rings is 1. The third-order valence-electron chi connectivity index (χ3n) is 4.22. The number of guanidine groups is 1. The highest BCUT2D eigenvalue weighted by molar-refractivity contribution is 5.79. The molecule has 1 fully saturated rings. The van der Waals surface area contributed by atoms with Crippen LogP contribution in [0.15, 0.2) is 46.0 Å². The molecule has 1 unspecified atom stereocenters. The summed E-state index contributed by atoms with van der Waals surface area (Å²) in [5.41, 5.74) is 1.80. The highest BCUT2D eigenvalue weighted by Crippen LogP contribution is 2.18. The van der Waals surface area contributed by atoms with E-state index in [1.807, 2.05) is 30.3 Å². The average Bonchev–Trinajstić information content (AvgIpc) is 3.31. The summed E-state index contributed by atoms with van der Waals surface area (Å²) in [6, 6.07) is 9.90. The van der Waals surface area contributed by atoms with Gasteiger partial charge in [-0.15, -0.1) is 0 Å². The van der Waals surface area contributed by atoms with Crippen molar-refractivity contribution in [3.05, 3.63) is 42.3 Å². The van der Waals surface area contributed by atoms with Crippen molar-refractivity contribution >= 4 is 5.96 Å². The number of oxazole rings is 1. The van der Waals surface area contributed by atoms with Crippen LogP contribution in [0, 0.1) is 5.92 Å². The quantitative estimate of drug-likeness (QED) is 0.646. The number of hydrogen-bond acceptors (Lipinski definition) is 4. The van der Waals surface area contributed by atoms with Crippen LogP contribution in [0.4, 0.5) is 0 Å². The summed E-state index contributed by atoms with van der Waals surface area (Å²) in [6.07, 6.45) is 2.80. The molecule has 0 saturated carbocycles. The van der Waals surface area contributed by atoms with Crippen LogP contribution in [0.1, 0.15) is 19.0 Å². The smallest absolute Gasteiger partial charge is 0.226 e. The predicted molar refractivity (Wildman–Crippen MR) is 98.3 cm³/mol. The lowest BCUT2D eigenvalue weighted by Gasteiger charge is -2.24. The summed E-state index contributed by atoms with van der Waals surface area (Å²) in [5.74, 6) is 2.09. The first-order chi connectivity index (χ1) is 12.3. The number of nitrogens with one attached hydrogen (secondary N) is 1. The number of rotatable bonds is 6. The molecule has 6 nitrogen and oxygen atoms in total. The first kappa shape index (κ1) is 17.5. The van der Waals surface area contributed by atoms with Gasteiger partial charge in [-0.1, -0.05) is 18.2 Å². The summed E-state index contributed by atoms with van der Waals surface area (Å²) >= 11 is 0. The minimum atomic E-state index is 0.490. The van der Waals surface area contributed by atoms with Crippen LogP contribution in [0.5, 0.6) is 0 Å². The molecule has 3 rings (SSSR count). The summed E-state index contributed by atoms with van der Waals surface area (Å²) in [7, 11) is 2.07. The van der Waals surface area contributed by atoms with Crippen LogP contribution >= 0.6 is 0 Å². The second kappa shape index (κ2) is 8.67. The Kier molecular flexibility index (Phi) is 6.06. The van der Waals surface area contributed by atoms with Crippen LogP contribution in [0.3, 0.4) is 0 Å². The van der Waals surface area contributed by atoms with E-state index in [1.54, 1.807) is 6.26 Å². The van der Waals surface area contributed by atoms with E-state index >= 15 is 0 Å². The van der Waals surface area contributed by atoms with Crippen LogP contribution in [0.2, 0.25) is 0 Å². The Bertz CT molecular complexity index is 678. The second-order valence-electron chi connectivity index (χ2n) is 6.29. The zero-order valence-electron chi connectivity index (χ0n) is 14.9. The van der Waals surface area contributed by atoms with Crippen molar-refractivity contribution < 1.29 is 9.15 Å². The van der Waals surface area contributed by atoms with Gasteiger partial charge < -0.3 is 19.4 Å². The summed E-state index contributed by atoms with van der Waals surface area (Å²) < 4.78 is 11.0. The number of aliphatic imine (C=N–C) groups is 1. The van der Waals surface area contributed by atoms with Crippen molar-refractivity contribution in [1.29, 1.82) is 0 Å². The second-order valence-corrected chi connectivity index (χ2v) is 6.29. The molecule has 1 aromatic carbocycles. The van der Waals surface area contributed by atoms with E-state index in [-0.39, 0.29) is 0 Å². The fourth-order valence-corrected chi connectivity index (χ4v) is 2.92. The molecular formula is C19H26N4O2. The van der Waals surface area contributed by atoms with Gasteiger partial charge in [0.2, 0.25) is 5.89 Å². The standard InChI is InChI=1S/C19H26N4O2/c1-3-20-19(23(2)12-15-9-10-24-13-15)21-11-17-14-25-18(22-17)16-7-5-4-6-8-16/h4-8,14-15H,3,9-13H2,1-2H3,(H,20,21). The van der Waals surface area contributed by atoms with Gasteiger partial charge in [0, 0.05) is 38.2 Å². The van der Waals surface area contributed by atoms with Crippen LogP contribution in [-0.4, -0.2) is 49.2 Å². The SMILES string of the molecule is CCNC(=NCc1coc(-c2ccccc2)n1)N(C)CC1CCOC1. The van der Waals surface area contributed by atoms with Gasteiger partial charge in [-0.25, -0.2) is 9.98 Å². The van der Waals surface area contributed by atoms with E-state index in [9.17, 15) is 0 Å². The molecule has 25 heavy (non-hydrogen) atoms. The predicted octanol–water partition coefficient (Wildman–Crippen LogP) is 2.78. The zero-order chi connectivity index (χ0) is 17.5. The van der Waals surface area contributed by atoms with Crippen molar-refractivity contribution in [3.63, 3.8) is 0 Å². The average molecular weight is 342 g/mol. The van der Waals surface area contributed by atoms with Crippen LogP contribution < -0.4 is 5.32 Å². The highest BCUT2D eigenvalue weighted by atomic mass is 16.5. The molecule has 1 aliphatic heterocycles. The van der Waals surface area contributed by atoms with Gasteiger partial charge >= 0.3 is 0 Å². The maximum absolute atomic E-state index is 5.58. The highest BCUT2D eigenvalue weighted by Gasteiger charge is 2.19. The molecule has 1 saturated heterocycles. The molecule has 6 heteroatoms. The molecule has 0 amide bonds. The molecule has 1 aromatic heterocycles. The summed E-state index contributed by atoms with van der Waals surface area (Å²) in [4.78, 5) is 11.4. The van der Waals surface area contributed by atoms with Crippen LogP contribution in [0.25, 0.3) is 11.5 Å². The van der Waals surface area contributed by atoms with Gasteiger partial charge in [-0.05, 0) is 25.5 Å². The van der Waals surface area contributed by atoms with E-state index in [4.69, 9.17) is 14.1 Å². The molecule has 2 heterocycles. The minimum absolute atomic E-state index is 0.490. The molecule has 134 valence electrons. The first-order valence-corrected chi connectivity index (χ1v) is 8.83. The van der Waals surface area contributed by atoms with Gasteiger partial charge in [-0.2, -0.15) is 0 Å².